The summed E-state index contributed by atoms with van der Waals surface area (Å²) in [6, 6.07) is 12.7. The zero-order chi connectivity index (χ0) is 18.2. The highest BCUT2D eigenvalue weighted by atomic mass is 16.2. The van der Waals surface area contributed by atoms with Crippen molar-refractivity contribution in [3.05, 3.63) is 65.9 Å². The summed E-state index contributed by atoms with van der Waals surface area (Å²) >= 11 is 0. The van der Waals surface area contributed by atoms with Crippen molar-refractivity contribution in [1.82, 2.24) is 9.88 Å². The molecule has 0 spiro atoms. The number of fused-ring (bicyclic) bond motifs is 1. The predicted octanol–water partition coefficient (Wildman–Crippen LogP) is 2.74. The lowest BCUT2D eigenvalue weighted by atomic mass is 10.2. The third-order valence-electron chi connectivity index (χ3n) is 5.98. The molecule has 0 bridgehead atoms. The largest absolute Gasteiger partial charge is 0.355 e. The van der Waals surface area contributed by atoms with Crippen LogP contribution in [0.3, 0.4) is 0 Å². The highest BCUT2D eigenvalue weighted by Crippen LogP contribution is 2.29. The Labute approximate surface area is 159 Å². The molecule has 0 radical (unpaired) electrons. The second-order valence-corrected chi connectivity index (χ2v) is 7.55. The Morgan fingerprint density at radius 3 is 2.70 bits per heavy atom. The molecule has 2 aromatic rings. The maximum atomic E-state index is 12.9. The van der Waals surface area contributed by atoms with Gasteiger partial charge in [0.05, 0.1) is 5.56 Å². The van der Waals surface area contributed by atoms with Gasteiger partial charge in [0.25, 0.3) is 5.91 Å². The Bertz CT molecular complexity index is 868. The molecule has 27 heavy (non-hydrogen) atoms. The number of amides is 1. The number of rotatable bonds is 3. The molecule has 5 rings (SSSR count). The first kappa shape index (κ1) is 16.5. The van der Waals surface area contributed by atoms with Gasteiger partial charge < -0.3 is 9.80 Å². The van der Waals surface area contributed by atoms with E-state index in [9.17, 15) is 4.79 Å². The van der Waals surface area contributed by atoms with E-state index >= 15 is 0 Å². The molecule has 0 saturated carbocycles. The SMILES string of the molecule is O=C(c1ccc(N2CC[C@@H](N3CC=CC3)C2)nc1)N1CCc2ccccc21. The van der Waals surface area contributed by atoms with Gasteiger partial charge in [0, 0.05) is 50.6 Å². The van der Waals surface area contributed by atoms with Crippen molar-refractivity contribution in [2.24, 2.45) is 0 Å². The van der Waals surface area contributed by atoms with Crippen LogP contribution in [0.4, 0.5) is 11.5 Å². The van der Waals surface area contributed by atoms with Crippen LogP contribution < -0.4 is 9.80 Å². The van der Waals surface area contributed by atoms with E-state index in [1.807, 2.05) is 35.2 Å². The molecule has 0 aliphatic carbocycles. The number of carbonyl (C=O) groups is 1. The van der Waals surface area contributed by atoms with Crippen LogP contribution in [0.15, 0.2) is 54.7 Å². The average molecular weight is 360 g/mol. The van der Waals surface area contributed by atoms with Gasteiger partial charge in [-0.3, -0.25) is 9.69 Å². The molecule has 1 fully saturated rings. The van der Waals surface area contributed by atoms with Crippen LogP contribution >= 0.6 is 0 Å². The van der Waals surface area contributed by atoms with E-state index in [-0.39, 0.29) is 5.91 Å². The Morgan fingerprint density at radius 1 is 1.04 bits per heavy atom. The molecule has 0 unspecified atom stereocenters. The highest BCUT2D eigenvalue weighted by molar-refractivity contribution is 6.07. The topological polar surface area (TPSA) is 39.7 Å². The van der Waals surface area contributed by atoms with Gasteiger partial charge >= 0.3 is 0 Å². The molecule has 1 atom stereocenters. The molecule has 1 amide bonds. The number of hydrogen-bond donors (Lipinski definition) is 0. The van der Waals surface area contributed by atoms with E-state index in [4.69, 9.17) is 0 Å². The van der Waals surface area contributed by atoms with E-state index in [2.05, 4.69) is 33.0 Å². The Kier molecular flexibility index (Phi) is 4.17. The first-order valence-electron chi connectivity index (χ1n) is 9.79. The maximum Gasteiger partial charge on any atom is 0.259 e. The molecule has 1 aromatic carbocycles. The van der Waals surface area contributed by atoms with Crippen molar-refractivity contribution in [2.45, 2.75) is 18.9 Å². The fourth-order valence-corrected chi connectivity index (χ4v) is 4.45. The lowest BCUT2D eigenvalue weighted by molar-refractivity contribution is 0.0989. The summed E-state index contributed by atoms with van der Waals surface area (Å²) in [6.07, 6.45) is 8.33. The maximum absolute atomic E-state index is 12.9. The van der Waals surface area contributed by atoms with Crippen LogP contribution in [0, 0.1) is 0 Å². The summed E-state index contributed by atoms with van der Waals surface area (Å²) in [5, 5.41) is 0. The molecule has 138 valence electrons. The summed E-state index contributed by atoms with van der Waals surface area (Å²) in [4.78, 5) is 24.3. The number of aromatic nitrogens is 1. The number of hydrogen-bond acceptors (Lipinski definition) is 4. The Morgan fingerprint density at radius 2 is 1.89 bits per heavy atom. The van der Waals surface area contributed by atoms with Crippen LogP contribution in [-0.4, -0.2) is 54.6 Å². The van der Waals surface area contributed by atoms with Gasteiger partial charge in [-0.1, -0.05) is 30.4 Å². The fourth-order valence-electron chi connectivity index (χ4n) is 4.45. The minimum atomic E-state index is 0.0430. The van der Waals surface area contributed by atoms with E-state index in [1.165, 1.54) is 12.0 Å². The minimum absolute atomic E-state index is 0.0430. The molecule has 5 nitrogen and oxygen atoms in total. The number of anilines is 2. The second-order valence-electron chi connectivity index (χ2n) is 7.55. The van der Waals surface area contributed by atoms with Gasteiger partial charge in [-0.2, -0.15) is 0 Å². The van der Waals surface area contributed by atoms with Crippen LogP contribution in [0.2, 0.25) is 0 Å². The van der Waals surface area contributed by atoms with Crippen molar-refractivity contribution in [3.63, 3.8) is 0 Å². The lowest BCUT2D eigenvalue weighted by Crippen LogP contribution is -2.35. The number of nitrogens with zero attached hydrogens (tertiary/aromatic N) is 4. The van der Waals surface area contributed by atoms with Gasteiger partial charge in [0.2, 0.25) is 0 Å². The minimum Gasteiger partial charge on any atom is -0.355 e. The van der Waals surface area contributed by atoms with Crippen molar-refractivity contribution in [1.29, 1.82) is 0 Å². The molecule has 5 heteroatoms. The number of pyridine rings is 1. The van der Waals surface area contributed by atoms with Gasteiger partial charge in [-0.25, -0.2) is 4.98 Å². The summed E-state index contributed by atoms with van der Waals surface area (Å²) in [5.74, 6) is 1.02. The number of carbonyl (C=O) groups excluding carboxylic acids is 1. The molecule has 1 aromatic heterocycles. The quantitative estimate of drug-likeness (QED) is 0.789. The van der Waals surface area contributed by atoms with E-state index in [0.717, 1.165) is 50.6 Å². The normalized spacial score (nSPS) is 21.9. The van der Waals surface area contributed by atoms with Crippen LogP contribution in [0.25, 0.3) is 0 Å². The van der Waals surface area contributed by atoms with E-state index in [1.54, 1.807) is 6.20 Å². The second kappa shape index (κ2) is 6.82. The smallest absolute Gasteiger partial charge is 0.259 e. The fraction of sp³-hybridized carbons (Fsp3) is 0.364. The highest BCUT2D eigenvalue weighted by Gasteiger charge is 2.29. The number of para-hydroxylation sites is 1. The summed E-state index contributed by atoms with van der Waals surface area (Å²) in [6.45, 7) is 4.92. The van der Waals surface area contributed by atoms with Crippen molar-refractivity contribution >= 4 is 17.4 Å². The van der Waals surface area contributed by atoms with E-state index in [0.29, 0.717) is 11.6 Å². The molecule has 3 aliphatic heterocycles. The zero-order valence-corrected chi connectivity index (χ0v) is 15.4. The van der Waals surface area contributed by atoms with Crippen molar-refractivity contribution in [3.8, 4) is 0 Å². The molecular weight excluding hydrogens is 336 g/mol. The molecule has 3 aliphatic rings. The Hall–Kier alpha value is -2.66. The van der Waals surface area contributed by atoms with Crippen LogP contribution in [0.5, 0.6) is 0 Å². The summed E-state index contributed by atoms with van der Waals surface area (Å²) in [5.41, 5.74) is 2.94. The van der Waals surface area contributed by atoms with Crippen molar-refractivity contribution in [2.75, 3.05) is 42.5 Å². The molecular formula is C22H24N4O. The predicted molar refractivity (Wildman–Crippen MR) is 107 cm³/mol. The lowest BCUT2D eigenvalue weighted by Gasteiger charge is -2.24. The third-order valence-corrected chi connectivity index (χ3v) is 5.98. The van der Waals surface area contributed by atoms with Gasteiger partial charge in [-0.15, -0.1) is 0 Å². The first-order chi connectivity index (χ1) is 13.3. The zero-order valence-electron chi connectivity index (χ0n) is 15.4. The van der Waals surface area contributed by atoms with Gasteiger partial charge in [0.15, 0.2) is 0 Å². The van der Waals surface area contributed by atoms with Crippen molar-refractivity contribution < 1.29 is 4.79 Å². The van der Waals surface area contributed by atoms with E-state index < -0.39 is 0 Å². The van der Waals surface area contributed by atoms with Gasteiger partial charge in [0.1, 0.15) is 5.82 Å². The molecule has 0 N–H and O–H groups in total. The molecule has 1 saturated heterocycles. The summed E-state index contributed by atoms with van der Waals surface area (Å²) < 4.78 is 0. The monoisotopic (exact) mass is 360 g/mol. The Balaban J connectivity index is 1.28. The standard InChI is InChI=1S/C22H24N4O/c27-22(26-14-9-17-5-1-2-6-20(17)26)18-7-8-21(23-15-18)25-13-10-19(16-25)24-11-3-4-12-24/h1-8,15,19H,9-14,16H2/t19-/m1/s1. The van der Waals surface area contributed by atoms with Crippen LogP contribution in [-0.2, 0) is 6.42 Å². The van der Waals surface area contributed by atoms with Gasteiger partial charge in [-0.05, 0) is 36.6 Å². The van der Waals surface area contributed by atoms with Crippen LogP contribution in [0.1, 0.15) is 22.3 Å². The first-order valence-corrected chi connectivity index (χ1v) is 9.79. The summed E-state index contributed by atoms with van der Waals surface area (Å²) in [7, 11) is 0. The number of benzene rings is 1. The average Bonchev–Trinajstić information content (AvgIpc) is 3.47. The third kappa shape index (κ3) is 3.02. The molecule has 4 heterocycles.